The summed E-state index contributed by atoms with van der Waals surface area (Å²) in [7, 11) is 0. The second-order valence-electron chi connectivity index (χ2n) is 5.50. The van der Waals surface area contributed by atoms with Crippen LogP contribution in [-0.2, 0) is 19.1 Å². The van der Waals surface area contributed by atoms with Crippen LogP contribution in [0.5, 0.6) is 0 Å². The van der Waals surface area contributed by atoms with Crippen molar-refractivity contribution in [3.05, 3.63) is 0 Å². The molecule has 6 heteroatoms. The second-order valence-corrected chi connectivity index (χ2v) is 7.09. The normalized spacial score (nSPS) is 10.5. The maximum Gasteiger partial charge on any atom is 0.305 e. The first-order valence-electron chi connectivity index (χ1n) is 8.64. The van der Waals surface area contributed by atoms with E-state index >= 15 is 0 Å². The van der Waals surface area contributed by atoms with Gasteiger partial charge in [-0.15, -0.1) is 0 Å². The lowest BCUT2D eigenvalue weighted by molar-refractivity contribution is -0.144. The Kier molecular flexibility index (Phi) is 18.2. The smallest absolute Gasteiger partial charge is 0.305 e. The molecule has 0 unspecified atom stereocenters. The van der Waals surface area contributed by atoms with Crippen LogP contribution in [0.25, 0.3) is 0 Å². The lowest BCUT2D eigenvalue weighted by Crippen LogP contribution is -2.06. The Balaban J connectivity index is 3.21. The molecule has 0 saturated heterocycles. The molecule has 0 aliphatic rings. The zero-order valence-electron chi connectivity index (χ0n) is 14.0. The van der Waals surface area contributed by atoms with Gasteiger partial charge in [-0.1, -0.05) is 51.1 Å². The molecule has 4 nitrogen and oxygen atoms in total. The van der Waals surface area contributed by atoms with Crippen LogP contribution in [0.1, 0.15) is 70.6 Å². The summed E-state index contributed by atoms with van der Waals surface area (Å²) in [5.41, 5.74) is 0. The zero-order chi connectivity index (χ0) is 17.2. The predicted octanol–water partition coefficient (Wildman–Crippen LogP) is 5.15. The molecular weight excluding hydrogens is 428 g/mol. The monoisotopic (exact) mass is 456 g/mol. The number of carbonyl (C=O) groups is 2. The summed E-state index contributed by atoms with van der Waals surface area (Å²) in [6.45, 7) is 1.05. The van der Waals surface area contributed by atoms with E-state index in [0.717, 1.165) is 68.4 Å². The van der Waals surface area contributed by atoms with E-state index in [4.69, 9.17) is 9.47 Å². The number of carbonyl (C=O) groups excluding carboxylic acids is 2. The molecule has 0 rings (SSSR count). The summed E-state index contributed by atoms with van der Waals surface area (Å²) in [5.74, 6) is -0.171. The van der Waals surface area contributed by atoms with Crippen LogP contribution in [0.4, 0.5) is 0 Å². The Hall–Kier alpha value is -0.100. The summed E-state index contributed by atoms with van der Waals surface area (Å²) >= 11 is 6.68. The maximum atomic E-state index is 11.4. The second kappa shape index (κ2) is 18.2. The molecule has 23 heavy (non-hydrogen) atoms. The molecule has 0 aliphatic heterocycles. The highest BCUT2D eigenvalue weighted by atomic mass is 79.9. The first-order valence-corrected chi connectivity index (χ1v) is 10.9. The molecule has 0 saturated carbocycles. The molecular formula is C17H30Br2O4. The van der Waals surface area contributed by atoms with Crippen molar-refractivity contribution >= 4 is 43.8 Å². The Bertz CT molecular complexity index is 270. The highest BCUT2D eigenvalue weighted by Crippen LogP contribution is 2.06. The third kappa shape index (κ3) is 18.1. The van der Waals surface area contributed by atoms with Crippen molar-refractivity contribution in [3.63, 3.8) is 0 Å². The molecule has 0 aromatic rings. The Morgan fingerprint density at radius 1 is 0.565 bits per heavy atom. The number of hydrogen-bond donors (Lipinski definition) is 0. The summed E-state index contributed by atoms with van der Waals surface area (Å²) in [6.07, 6.45) is 9.85. The molecule has 136 valence electrons. The zero-order valence-corrected chi connectivity index (χ0v) is 17.2. The van der Waals surface area contributed by atoms with Crippen molar-refractivity contribution in [2.75, 3.05) is 23.9 Å². The standard InChI is InChI=1S/C17H30Br2O4/c18-12-6-4-10-16(20)22-14-8-2-1-3-9-15-23-17(21)11-5-7-13-19/h1-15H2. The fourth-order valence-electron chi connectivity index (χ4n) is 1.98. The fourth-order valence-corrected chi connectivity index (χ4v) is 2.77. The van der Waals surface area contributed by atoms with Gasteiger partial charge in [0.25, 0.3) is 0 Å². The van der Waals surface area contributed by atoms with Gasteiger partial charge in [-0.3, -0.25) is 9.59 Å². The van der Waals surface area contributed by atoms with E-state index in [1.54, 1.807) is 0 Å². The molecule has 0 fully saturated rings. The summed E-state index contributed by atoms with van der Waals surface area (Å²) in [6, 6.07) is 0. The first-order chi connectivity index (χ1) is 11.2. The minimum absolute atomic E-state index is 0.0854. The molecule has 0 aromatic heterocycles. The summed E-state index contributed by atoms with van der Waals surface area (Å²) in [5, 5.41) is 1.87. The van der Waals surface area contributed by atoms with Gasteiger partial charge in [-0.2, -0.15) is 0 Å². The predicted molar refractivity (Wildman–Crippen MR) is 100 cm³/mol. The van der Waals surface area contributed by atoms with E-state index in [-0.39, 0.29) is 11.9 Å². The van der Waals surface area contributed by atoms with Crippen LogP contribution in [0.15, 0.2) is 0 Å². The number of halogens is 2. The van der Waals surface area contributed by atoms with E-state index < -0.39 is 0 Å². The van der Waals surface area contributed by atoms with E-state index in [9.17, 15) is 9.59 Å². The average Bonchev–Trinajstić information content (AvgIpc) is 2.53. The van der Waals surface area contributed by atoms with E-state index in [1.807, 2.05) is 0 Å². The van der Waals surface area contributed by atoms with Gasteiger partial charge in [-0.05, 0) is 38.5 Å². The molecule has 0 radical (unpaired) electrons. The van der Waals surface area contributed by atoms with Gasteiger partial charge in [0, 0.05) is 23.5 Å². The SMILES string of the molecule is O=C(CCCCBr)OCCCCCCCOC(=O)CCCCBr. The Morgan fingerprint density at radius 2 is 0.957 bits per heavy atom. The largest absolute Gasteiger partial charge is 0.466 e. The van der Waals surface area contributed by atoms with Crippen molar-refractivity contribution in [2.24, 2.45) is 0 Å². The number of ether oxygens (including phenoxy) is 2. The molecule has 0 N–H and O–H groups in total. The van der Waals surface area contributed by atoms with Crippen molar-refractivity contribution < 1.29 is 19.1 Å². The van der Waals surface area contributed by atoms with Crippen LogP contribution >= 0.6 is 31.9 Å². The molecule has 0 heterocycles. The average molecular weight is 458 g/mol. The third-order valence-corrected chi connectivity index (χ3v) is 4.47. The van der Waals surface area contributed by atoms with Crippen LogP contribution in [0.3, 0.4) is 0 Å². The van der Waals surface area contributed by atoms with Gasteiger partial charge >= 0.3 is 11.9 Å². The quantitative estimate of drug-likeness (QED) is 0.182. The van der Waals surface area contributed by atoms with Gasteiger partial charge in [-0.25, -0.2) is 0 Å². The molecule has 0 aromatic carbocycles. The number of alkyl halides is 2. The van der Waals surface area contributed by atoms with Crippen LogP contribution in [-0.4, -0.2) is 35.8 Å². The lowest BCUT2D eigenvalue weighted by Gasteiger charge is -2.06. The van der Waals surface area contributed by atoms with Crippen molar-refractivity contribution in [1.82, 2.24) is 0 Å². The number of hydrogen-bond acceptors (Lipinski definition) is 4. The molecule has 0 amide bonds. The third-order valence-electron chi connectivity index (χ3n) is 3.34. The summed E-state index contributed by atoms with van der Waals surface area (Å²) in [4.78, 5) is 22.7. The van der Waals surface area contributed by atoms with Crippen molar-refractivity contribution in [2.45, 2.75) is 70.6 Å². The first kappa shape index (κ1) is 22.9. The highest BCUT2D eigenvalue weighted by Gasteiger charge is 2.03. The van der Waals surface area contributed by atoms with E-state index in [2.05, 4.69) is 31.9 Å². The number of unbranched alkanes of at least 4 members (excludes halogenated alkanes) is 6. The van der Waals surface area contributed by atoms with Crippen LogP contribution in [0.2, 0.25) is 0 Å². The van der Waals surface area contributed by atoms with Crippen LogP contribution < -0.4 is 0 Å². The van der Waals surface area contributed by atoms with Gasteiger partial charge < -0.3 is 9.47 Å². The minimum atomic E-state index is -0.0854. The van der Waals surface area contributed by atoms with Gasteiger partial charge in [0.05, 0.1) is 13.2 Å². The van der Waals surface area contributed by atoms with E-state index in [1.165, 1.54) is 0 Å². The Morgan fingerprint density at radius 3 is 1.35 bits per heavy atom. The molecule has 0 aliphatic carbocycles. The maximum absolute atomic E-state index is 11.4. The van der Waals surface area contributed by atoms with Crippen LogP contribution in [0, 0.1) is 0 Å². The topological polar surface area (TPSA) is 52.6 Å². The lowest BCUT2D eigenvalue weighted by atomic mass is 10.1. The van der Waals surface area contributed by atoms with Gasteiger partial charge in [0.1, 0.15) is 0 Å². The van der Waals surface area contributed by atoms with Crippen molar-refractivity contribution in [1.29, 1.82) is 0 Å². The number of esters is 2. The summed E-state index contributed by atoms with van der Waals surface area (Å²) < 4.78 is 10.3. The van der Waals surface area contributed by atoms with Gasteiger partial charge in [0.15, 0.2) is 0 Å². The highest BCUT2D eigenvalue weighted by molar-refractivity contribution is 9.09. The van der Waals surface area contributed by atoms with Crippen molar-refractivity contribution in [3.8, 4) is 0 Å². The van der Waals surface area contributed by atoms with E-state index in [0.29, 0.717) is 26.1 Å². The fraction of sp³-hybridized carbons (Fsp3) is 0.882. The van der Waals surface area contributed by atoms with Gasteiger partial charge in [0.2, 0.25) is 0 Å². The molecule has 0 atom stereocenters. The molecule has 0 spiro atoms. The molecule has 0 bridgehead atoms. The minimum Gasteiger partial charge on any atom is -0.466 e. The Labute approximate surface area is 157 Å². The number of rotatable bonds is 16.